The van der Waals surface area contributed by atoms with Crippen LogP contribution in [0.1, 0.15) is 22.3 Å². The Morgan fingerprint density at radius 2 is 0.571 bits per heavy atom. The first-order valence-corrected chi connectivity index (χ1v) is 14.1. The van der Waals surface area contributed by atoms with Crippen LogP contribution in [0.15, 0.2) is 158 Å². The fraction of sp³-hybridized carbons (Fsp3) is 0.0500. The van der Waals surface area contributed by atoms with Gasteiger partial charge in [-0.2, -0.15) is 0 Å². The quantitative estimate of drug-likeness (QED) is 0.178. The zero-order chi connectivity index (χ0) is 28.7. The Balaban J connectivity index is 1.49. The Morgan fingerprint density at radius 3 is 0.857 bits per heavy atom. The highest BCUT2D eigenvalue weighted by Crippen LogP contribution is 2.38. The van der Waals surface area contributed by atoms with Crippen molar-refractivity contribution in [2.75, 3.05) is 14.2 Å². The third kappa shape index (κ3) is 5.75. The van der Waals surface area contributed by atoms with Gasteiger partial charge in [-0.1, -0.05) is 133 Å². The summed E-state index contributed by atoms with van der Waals surface area (Å²) < 4.78 is 10.7. The van der Waals surface area contributed by atoms with Gasteiger partial charge in [0.1, 0.15) is 11.5 Å². The minimum Gasteiger partial charge on any atom is -0.497 e. The Bertz CT molecular complexity index is 1630. The Labute approximate surface area is 248 Å². The third-order valence-electron chi connectivity index (χ3n) is 7.57. The largest absolute Gasteiger partial charge is 0.497 e. The van der Waals surface area contributed by atoms with Crippen LogP contribution in [-0.4, -0.2) is 14.2 Å². The molecule has 0 radical (unpaired) electrons. The maximum Gasteiger partial charge on any atom is 0.118 e. The van der Waals surface area contributed by atoms with Gasteiger partial charge in [0.15, 0.2) is 0 Å². The van der Waals surface area contributed by atoms with Crippen molar-refractivity contribution < 1.29 is 9.47 Å². The van der Waals surface area contributed by atoms with Crippen molar-refractivity contribution in [3.63, 3.8) is 0 Å². The van der Waals surface area contributed by atoms with E-state index in [0.29, 0.717) is 0 Å². The Kier molecular flexibility index (Phi) is 7.96. The van der Waals surface area contributed by atoms with Crippen molar-refractivity contribution in [1.82, 2.24) is 0 Å². The molecule has 0 N–H and O–H groups in total. The third-order valence-corrected chi connectivity index (χ3v) is 7.57. The summed E-state index contributed by atoms with van der Waals surface area (Å²) in [6, 6.07) is 55.5. The maximum absolute atomic E-state index is 5.35. The molecule has 0 bridgehead atoms. The lowest BCUT2D eigenvalue weighted by atomic mass is 9.85. The summed E-state index contributed by atoms with van der Waals surface area (Å²) in [6.07, 6.45) is 0. The lowest BCUT2D eigenvalue weighted by Crippen LogP contribution is -1.98. The number of hydrogen-bond donors (Lipinski definition) is 0. The molecule has 6 aromatic carbocycles. The minimum absolute atomic E-state index is 0.857. The van der Waals surface area contributed by atoms with Crippen molar-refractivity contribution in [3.05, 3.63) is 180 Å². The van der Waals surface area contributed by atoms with E-state index in [1.54, 1.807) is 14.2 Å². The first-order chi connectivity index (χ1) is 20.7. The molecule has 0 saturated carbocycles. The van der Waals surface area contributed by atoms with Crippen LogP contribution >= 0.6 is 0 Å². The van der Waals surface area contributed by atoms with Crippen LogP contribution in [0.25, 0.3) is 33.4 Å². The standard InChI is InChI=1S/C40H32O2/c1-41-37-25-21-31(22-26-37)29-13-17-35(18-14-29)39(33-9-5-3-6-10-33)40(34-11-7-4-8-12-34)36-19-15-30(16-20-36)32-23-27-38(42-2)28-24-32/h3-28H,1-2H3/b40-39+. The molecule has 6 rings (SSSR count). The highest BCUT2D eigenvalue weighted by molar-refractivity contribution is 6.04. The molecular formula is C40H32O2. The van der Waals surface area contributed by atoms with E-state index in [0.717, 1.165) is 33.8 Å². The van der Waals surface area contributed by atoms with Gasteiger partial charge < -0.3 is 9.47 Å². The van der Waals surface area contributed by atoms with Crippen molar-refractivity contribution in [2.45, 2.75) is 0 Å². The molecule has 0 saturated heterocycles. The molecule has 0 unspecified atom stereocenters. The molecule has 0 aliphatic heterocycles. The molecular weight excluding hydrogens is 512 g/mol. The van der Waals surface area contributed by atoms with Gasteiger partial charge >= 0.3 is 0 Å². The van der Waals surface area contributed by atoms with Crippen molar-refractivity contribution in [1.29, 1.82) is 0 Å². The average molecular weight is 545 g/mol. The van der Waals surface area contributed by atoms with Crippen LogP contribution in [-0.2, 0) is 0 Å². The van der Waals surface area contributed by atoms with E-state index >= 15 is 0 Å². The van der Waals surface area contributed by atoms with E-state index in [-0.39, 0.29) is 0 Å². The number of benzene rings is 6. The second-order valence-corrected chi connectivity index (χ2v) is 10.1. The number of methoxy groups -OCH3 is 2. The lowest BCUT2D eigenvalue weighted by Gasteiger charge is -2.19. The predicted octanol–water partition coefficient (Wildman–Crippen LogP) is 10.0. The van der Waals surface area contributed by atoms with E-state index in [1.807, 2.05) is 24.3 Å². The molecule has 2 heteroatoms. The molecule has 0 atom stereocenters. The Hall–Kier alpha value is -5.34. The van der Waals surface area contributed by atoms with E-state index < -0.39 is 0 Å². The van der Waals surface area contributed by atoms with Gasteiger partial charge in [0.05, 0.1) is 14.2 Å². The van der Waals surface area contributed by atoms with Crippen LogP contribution in [0.2, 0.25) is 0 Å². The van der Waals surface area contributed by atoms with Gasteiger partial charge in [0, 0.05) is 0 Å². The zero-order valence-electron chi connectivity index (χ0n) is 23.8. The predicted molar refractivity (Wildman–Crippen MR) is 175 cm³/mol. The van der Waals surface area contributed by atoms with Gasteiger partial charge in [0.2, 0.25) is 0 Å². The van der Waals surface area contributed by atoms with Crippen LogP contribution < -0.4 is 9.47 Å². The molecule has 0 aromatic heterocycles. The van der Waals surface area contributed by atoms with Crippen LogP contribution in [0.3, 0.4) is 0 Å². The Morgan fingerprint density at radius 1 is 0.310 bits per heavy atom. The van der Waals surface area contributed by atoms with Gasteiger partial charge in [-0.05, 0) is 79.9 Å². The van der Waals surface area contributed by atoms with E-state index in [4.69, 9.17) is 9.47 Å². The molecule has 0 spiro atoms. The van der Waals surface area contributed by atoms with Crippen molar-refractivity contribution in [2.24, 2.45) is 0 Å². The highest BCUT2D eigenvalue weighted by Gasteiger charge is 2.16. The van der Waals surface area contributed by atoms with Crippen LogP contribution in [0.4, 0.5) is 0 Å². The molecule has 0 heterocycles. The van der Waals surface area contributed by atoms with Gasteiger partial charge in [-0.15, -0.1) is 0 Å². The van der Waals surface area contributed by atoms with E-state index in [2.05, 4.69) is 133 Å². The molecule has 6 aromatic rings. The molecule has 0 amide bonds. The molecule has 0 aliphatic rings. The van der Waals surface area contributed by atoms with Crippen LogP contribution in [0.5, 0.6) is 11.5 Å². The van der Waals surface area contributed by atoms with Gasteiger partial charge in [-0.3, -0.25) is 0 Å². The first kappa shape index (κ1) is 26.9. The lowest BCUT2D eigenvalue weighted by molar-refractivity contribution is 0.415. The topological polar surface area (TPSA) is 18.5 Å². The zero-order valence-corrected chi connectivity index (χ0v) is 23.8. The second kappa shape index (κ2) is 12.4. The highest BCUT2D eigenvalue weighted by atomic mass is 16.5. The molecule has 0 aliphatic carbocycles. The number of rotatable bonds is 8. The minimum atomic E-state index is 0.857. The monoisotopic (exact) mass is 544 g/mol. The van der Waals surface area contributed by atoms with E-state index in [9.17, 15) is 0 Å². The molecule has 0 fully saturated rings. The maximum atomic E-state index is 5.35. The normalized spacial score (nSPS) is 11.5. The molecule has 204 valence electrons. The summed E-state index contributed by atoms with van der Waals surface area (Å²) in [5.74, 6) is 1.71. The summed E-state index contributed by atoms with van der Waals surface area (Å²) >= 11 is 0. The van der Waals surface area contributed by atoms with Gasteiger partial charge in [0.25, 0.3) is 0 Å². The fourth-order valence-electron chi connectivity index (χ4n) is 5.35. The summed E-state index contributed by atoms with van der Waals surface area (Å²) in [5.41, 5.74) is 11.7. The van der Waals surface area contributed by atoms with E-state index in [1.165, 1.54) is 33.4 Å². The summed E-state index contributed by atoms with van der Waals surface area (Å²) in [7, 11) is 3.39. The van der Waals surface area contributed by atoms with Crippen molar-refractivity contribution >= 4 is 11.1 Å². The average Bonchev–Trinajstić information content (AvgIpc) is 3.08. The number of hydrogen-bond acceptors (Lipinski definition) is 2. The smallest absolute Gasteiger partial charge is 0.118 e. The summed E-state index contributed by atoms with van der Waals surface area (Å²) in [6.45, 7) is 0. The molecule has 2 nitrogen and oxygen atoms in total. The summed E-state index contributed by atoms with van der Waals surface area (Å²) in [5, 5.41) is 0. The summed E-state index contributed by atoms with van der Waals surface area (Å²) in [4.78, 5) is 0. The first-order valence-electron chi connectivity index (χ1n) is 14.1. The SMILES string of the molecule is COc1ccc(-c2ccc(/C(=C(\c3ccccc3)c3ccc(-c4ccc(OC)cc4)cc3)c3ccccc3)cc2)cc1. The van der Waals surface area contributed by atoms with Gasteiger partial charge in [-0.25, -0.2) is 0 Å². The fourth-order valence-corrected chi connectivity index (χ4v) is 5.35. The molecule has 42 heavy (non-hydrogen) atoms. The number of ether oxygens (including phenoxy) is 2. The van der Waals surface area contributed by atoms with Crippen LogP contribution in [0, 0.1) is 0 Å². The van der Waals surface area contributed by atoms with Crippen molar-refractivity contribution in [3.8, 4) is 33.8 Å². The second-order valence-electron chi connectivity index (χ2n) is 10.1.